The van der Waals surface area contributed by atoms with Crippen molar-refractivity contribution in [3.8, 4) is 6.08 Å². The van der Waals surface area contributed by atoms with Crippen molar-refractivity contribution < 1.29 is 13.9 Å². The molecule has 0 bridgehead atoms. The first-order valence-electron chi connectivity index (χ1n) is 4.99. The average Bonchev–Trinajstić information content (AvgIpc) is 2.75. The third-order valence-corrected chi connectivity index (χ3v) is 1.87. The lowest BCUT2D eigenvalue weighted by molar-refractivity contribution is -0.133. The van der Waals surface area contributed by atoms with E-state index in [2.05, 4.69) is 14.9 Å². The average molecular weight is 230 g/mol. The van der Waals surface area contributed by atoms with Gasteiger partial charge in [0.25, 0.3) is 0 Å². The molecule has 2 rings (SSSR count). The van der Waals surface area contributed by atoms with Gasteiger partial charge in [-0.15, -0.1) is 5.10 Å². The Labute approximate surface area is 97.7 Å². The highest BCUT2D eigenvalue weighted by atomic mass is 16.6. The molecule has 17 heavy (non-hydrogen) atoms. The zero-order chi connectivity index (χ0) is 12.1. The Kier molecular flexibility index (Phi) is 3.30. The minimum Gasteiger partial charge on any atom is -0.389 e. The quantitative estimate of drug-likeness (QED) is 0.756. The maximum atomic E-state index is 10.6. The van der Waals surface area contributed by atoms with Crippen LogP contribution in [0.5, 0.6) is 6.08 Å². The van der Waals surface area contributed by atoms with Crippen LogP contribution >= 0.6 is 0 Å². The molecule has 0 unspecified atom stereocenters. The van der Waals surface area contributed by atoms with Gasteiger partial charge in [-0.05, 0) is 11.6 Å². The van der Waals surface area contributed by atoms with Gasteiger partial charge in [-0.25, -0.2) is 0 Å². The normalized spacial score (nSPS) is 10.6. The molecule has 0 saturated heterocycles. The van der Waals surface area contributed by atoms with Gasteiger partial charge in [-0.1, -0.05) is 35.4 Å². The van der Waals surface area contributed by atoms with Crippen molar-refractivity contribution >= 4 is 18.1 Å². The van der Waals surface area contributed by atoms with Gasteiger partial charge in [-0.3, -0.25) is 4.79 Å². The summed E-state index contributed by atoms with van der Waals surface area (Å²) in [6, 6.07) is 9.68. The van der Waals surface area contributed by atoms with Gasteiger partial charge < -0.3 is 9.15 Å². The number of carbonyl (C=O) groups is 1. The summed E-state index contributed by atoms with van der Waals surface area (Å²) in [6.45, 7) is 1.27. The Morgan fingerprint density at radius 3 is 2.71 bits per heavy atom. The molecule has 0 radical (unpaired) electrons. The van der Waals surface area contributed by atoms with E-state index in [9.17, 15) is 4.79 Å². The van der Waals surface area contributed by atoms with Crippen molar-refractivity contribution in [2.24, 2.45) is 0 Å². The highest BCUT2D eigenvalue weighted by Gasteiger charge is 2.06. The van der Waals surface area contributed by atoms with Crippen LogP contribution < -0.4 is 4.74 Å². The molecule has 86 valence electrons. The summed E-state index contributed by atoms with van der Waals surface area (Å²) >= 11 is 0. The van der Waals surface area contributed by atoms with Crippen molar-refractivity contribution in [2.45, 2.75) is 6.92 Å². The van der Waals surface area contributed by atoms with Gasteiger partial charge in [0.1, 0.15) is 0 Å². The molecular weight excluding hydrogens is 220 g/mol. The molecule has 0 fully saturated rings. The van der Waals surface area contributed by atoms with Crippen LogP contribution in [-0.2, 0) is 4.79 Å². The fourth-order valence-corrected chi connectivity index (χ4v) is 1.18. The minimum absolute atomic E-state index is 0.148. The smallest absolute Gasteiger partial charge is 0.389 e. The van der Waals surface area contributed by atoms with Crippen molar-refractivity contribution in [1.29, 1.82) is 0 Å². The molecule has 0 amide bonds. The first-order chi connectivity index (χ1) is 8.24. The highest BCUT2D eigenvalue weighted by Crippen LogP contribution is 2.11. The minimum atomic E-state index is -0.493. The first-order valence-corrected chi connectivity index (χ1v) is 4.99. The molecule has 2 aromatic rings. The van der Waals surface area contributed by atoms with E-state index >= 15 is 0 Å². The number of hydrogen-bond acceptors (Lipinski definition) is 5. The number of hydrogen-bond donors (Lipinski definition) is 0. The Hall–Kier alpha value is -2.43. The van der Waals surface area contributed by atoms with E-state index in [1.54, 1.807) is 6.08 Å². The van der Waals surface area contributed by atoms with Crippen molar-refractivity contribution in [1.82, 2.24) is 10.2 Å². The first kappa shape index (κ1) is 11.1. The predicted molar refractivity (Wildman–Crippen MR) is 61.0 cm³/mol. The number of ether oxygens (including phenoxy) is 1. The molecule has 0 aliphatic rings. The standard InChI is InChI=1S/C12H10N2O3/c1-9(15)16-12-14-13-11(17-12)8-7-10-5-3-2-4-6-10/h2-8H,1H3/b8-7+. The summed E-state index contributed by atoms with van der Waals surface area (Å²) in [4.78, 5) is 10.6. The summed E-state index contributed by atoms with van der Waals surface area (Å²) in [7, 11) is 0. The molecular formula is C12H10N2O3. The monoisotopic (exact) mass is 230 g/mol. The van der Waals surface area contributed by atoms with Crippen LogP contribution in [0.2, 0.25) is 0 Å². The molecule has 0 N–H and O–H groups in total. The largest absolute Gasteiger partial charge is 0.422 e. The molecule has 0 spiro atoms. The van der Waals surface area contributed by atoms with Gasteiger partial charge in [0, 0.05) is 13.0 Å². The summed E-state index contributed by atoms with van der Waals surface area (Å²) < 4.78 is 9.70. The Morgan fingerprint density at radius 1 is 1.24 bits per heavy atom. The van der Waals surface area contributed by atoms with Crippen LogP contribution in [0.3, 0.4) is 0 Å². The van der Waals surface area contributed by atoms with Crippen LogP contribution in [0.4, 0.5) is 0 Å². The molecule has 5 heteroatoms. The maximum absolute atomic E-state index is 10.6. The fourth-order valence-electron chi connectivity index (χ4n) is 1.18. The van der Waals surface area contributed by atoms with Gasteiger partial charge in [0.2, 0.25) is 5.89 Å². The number of rotatable bonds is 3. The van der Waals surface area contributed by atoms with E-state index in [1.165, 1.54) is 6.92 Å². The van der Waals surface area contributed by atoms with E-state index in [4.69, 9.17) is 4.42 Å². The number of aromatic nitrogens is 2. The predicted octanol–water partition coefficient (Wildman–Crippen LogP) is 2.17. The number of benzene rings is 1. The van der Waals surface area contributed by atoms with E-state index in [-0.39, 0.29) is 12.0 Å². The molecule has 0 aliphatic heterocycles. The van der Waals surface area contributed by atoms with E-state index < -0.39 is 5.97 Å². The molecule has 0 saturated carbocycles. The molecule has 0 atom stereocenters. The second-order valence-corrected chi connectivity index (χ2v) is 3.24. The molecule has 1 aromatic carbocycles. The summed E-state index contributed by atoms with van der Waals surface area (Å²) in [5.41, 5.74) is 1.01. The zero-order valence-electron chi connectivity index (χ0n) is 9.16. The second-order valence-electron chi connectivity index (χ2n) is 3.24. The van der Waals surface area contributed by atoms with Crippen LogP contribution in [-0.4, -0.2) is 16.2 Å². The van der Waals surface area contributed by atoms with Crippen molar-refractivity contribution in [2.75, 3.05) is 0 Å². The van der Waals surface area contributed by atoms with Gasteiger partial charge >= 0.3 is 12.0 Å². The third-order valence-electron chi connectivity index (χ3n) is 1.87. The third kappa shape index (κ3) is 3.27. The SMILES string of the molecule is CC(=O)Oc1nnc(/C=C/c2ccccc2)o1. The van der Waals surface area contributed by atoms with E-state index in [0.717, 1.165) is 5.56 Å². The summed E-state index contributed by atoms with van der Waals surface area (Å²) in [5.74, 6) is -0.211. The zero-order valence-corrected chi connectivity index (χ0v) is 9.16. The van der Waals surface area contributed by atoms with Gasteiger partial charge in [-0.2, -0.15) is 0 Å². The highest BCUT2D eigenvalue weighted by molar-refractivity contribution is 5.68. The molecule has 0 aliphatic carbocycles. The Bertz CT molecular complexity index is 532. The lowest BCUT2D eigenvalue weighted by Gasteiger charge is -1.90. The van der Waals surface area contributed by atoms with E-state index in [1.807, 2.05) is 36.4 Å². The van der Waals surface area contributed by atoms with Crippen LogP contribution in [0.25, 0.3) is 12.2 Å². The van der Waals surface area contributed by atoms with Crippen molar-refractivity contribution in [3.05, 3.63) is 41.8 Å². The van der Waals surface area contributed by atoms with E-state index in [0.29, 0.717) is 0 Å². The lowest BCUT2D eigenvalue weighted by Crippen LogP contribution is -2.01. The number of esters is 1. The van der Waals surface area contributed by atoms with Gasteiger partial charge in [0.15, 0.2) is 0 Å². The van der Waals surface area contributed by atoms with Crippen LogP contribution in [0.1, 0.15) is 18.4 Å². The van der Waals surface area contributed by atoms with Crippen LogP contribution in [0, 0.1) is 0 Å². The molecule has 5 nitrogen and oxygen atoms in total. The molecule has 1 heterocycles. The topological polar surface area (TPSA) is 65.2 Å². The van der Waals surface area contributed by atoms with Gasteiger partial charge in [0.05, 0.1) is 0 Å². The lowest BCUT2D eigenvalue weighted by atomic mass is 10.2. The number of nitrogens with zero attached hydrogens (tertiary/aromatic N) is 2. The maximum Gasteiger partial charge on any atom is 0.422 e. The van der Waals surface area contributed by atoms with Crippen LogP contribution in [0.15, 0.2) is 34.7 Å². The summed E-state index contributed by atoms with van der Waals surface area (Å²) in [6.07, 6.45) is 3.32. The van der Waals surface area contributed by atoms with Crippen molar-refractivity contribution in [3.63, 3.8) is 0 Å². The fraction of sp³-hybridized carbons (Fsp3) is 0.0833. The Balaban J connectivity index is 2.06. The second kappa shape index (κ2) is 5.07. The Morgan fingerprint density at radius 2 is 2.00 bits per heavy atom. The molecule has 1 aromatic heterocycles. The summed E-state index contributed by atoms with van der Waals surface area (Å²) in [5, 5.41) is 7.26. The number of carbonyl (C=O) groups excluding carboxylic acids is 1.